The number of methoxy groups -OCH3 is 1. The van der Waals surface area contributed by atoms with Crippen LogP contribution in [-0.2, 0) is 17.9 Å². The van der Waals surface area contributed by atoms with Gasteiger partial charge in [0.2, 0.25) is 0 Å². The number of amides is 1. The Labute approximate surface area is 158 Å². The molecule has 0 bridgehead atoms. The number of halogens is 1. The SMILES string of the molecule is COc1ccc(F)c(CN2CCC[C@@](O)(CNCc3cccnc3)C2=O)c1. The van der Waals surface area contributed by atoms with Crippen molar-refractivity contribution in [2.24, 2.45) is 0 Å². The van der Waals surface area contributed by atoms with Gasteiger partial charge in [-0.05, 0) is 42.7 Å². The van der Waals surface area contributed by atoms with E-state index in [1.807, 2.05) is 12.1 Å². The number of benzene rings is 1. The van der Waals surface area contributed by atoms with E-state index in [1.54, 1.807) is 18.5 Å². The van der Waals surface area contributed by atoms with Gasteiger partial charge in [0.25, 0.3) is 5.91 Å². The number of carbonyl (C=O) groups excluding carboxylic acids is 1. The lowest BCUT2D eigenvalue weighted by atomic mass is 9.91. The second-order valence-corrected chi connectivity index (χ2v) is 6.78. The van der Waals surface area contributed by atoms with E-state index < -0.39 is 11.4 Å². The standard InChI is InChI=1S/C20H24FN3O3/c1-27-17-5-6-18(21)16(10-17)13-24-9-3-7-20(26,19(24)25)14-23-12-15-4-2-8-22-11-15/h2,4-6,8,10-11,23,26H,3,7,9,12-14H2,1H3/t20-/m1/s1. The molecule has 1 aromatic carbocycles. The normalized spacial score (nSPS) is 20.0. The molecule has 6 nitrogen and oxygen atoms in total. The van der Waals surface area contributed by atoms with Gasteiger partial charge in [0, 0.05) is 44.1 Å². The molecule has 1 fully saturated rings. The molecule has 1 aliphatic heterocycles. The Morgan fingerprint density at radius 3 is 3.00 bits per heavy atom. The predicted octanol–water partition coefficient (Wildman–Crippen LogP) is 1.87. The van der Waals surface area contributed by atoms with Crippen molar-refractivity contribution < 1.29 is 19.0 Å². The van der Waals surface area contributed by atoms with Crippen molar-refractivity contribution in [1.82, 2.24) is 15.2 Å². The number of rotatable bonds is 7. The van der Waals surface area contributed by atoms with Crippen molar-refractivity contribution in [2.75, 3.05) is 20.2 Å². The average Bonchev–Trinajstić information content (AvgIpc) is 2.68. The van der Waals surface area contributed by atoms with Gasteiger partial charge in [-0.3, -0.25) is 9.78 Å². The van der Waals surface area contributed by atoms with Gasteiger partial charge >= 0.3 is 0 Å². The van der Waals surface area contributed by atoms with E-state index in [0.29, 0.717) is 37.2 Å². The summed E-state index contributed by atoms with van der Waals surface area (Å²) in [6.45, 7) is 1.24. The summed E-state index contributed by atoms with van der Waals surface area (Å²) in [6, 6.07) is 8.20. The molecule has 0 radical (unpaired) electrons. The Morgan fingerprint density at radius 1 is 1.41 bits per heavy atom. The summed E-state index contributed by atoms with van der Waals surface area (Å²) in [5.74, 6) is -0.244. The molecule has 0 saturated carbocycles. The van der Waals surface area contributed by atoms with E-state index in [4.69, 9.17) is 4.74 Å². The van der Waals surface area contributed by atoms with Gasteiger partial charge in [0.15, 0.2) is 5.60 Å². The number of piperidine rings is 1. The molecule has 144 valence electrons. The third-order valence-corrected chi connectivity index (χ3v) is 4.79. The molecule has 7 heteroatoms. The molecule has 0 spiro atoms. The number of aliphatic hydroxyl groups is 1. The number of hydrogen-bond donors (Lipinski definition) is 2. The Kier molecular flexibility index (Phi) is 6.03. The fourth-order valence-electron chi connectivity index (χ4n) is 3.30. The lowest BCUT2D eigenvalue weighted by Gasteiger charge is -2.38. The largest absolute Gasteiger partial charge is 0.497 e. The maximum Gasteiger partial charge on any atom is 0.256 e. The van der Waals surface area contributed by atoms with Gasteiger partial charge in [0.05, 0.1) is 7.11 Å². The summed E-state index contributed by atoms with van der Waals surface area (Å²) in [4.78, 5) is 18.4. The van der Waals surface area contributed by atoms with Crippen LogP contribution in [0.5, 0.6) is 5.75 Å². The molecule has 1 aliphatic rings. The van der Waals surface area contributed by atoms with Gasteiger partial charge in [-0.1, -0.05) is 6.07 Å². The van der Waals surface area contributed by atoms with Crippen LogP contribution >= 0.6 is 0 Å². The number of likely N-dealkylation sites (tertiary alicyclic amines) is 1. The first-order valence-corrected chi connectivity index (χ1v) is 8.95. The Balaban J connectivity index is 1.64. The maximum absolute atomic E-state index is 14.1. The molecule has 27 heavy (non-hydrogen) atoms. The first-order valence-electron chi connectivity index (χ1n) is 8.95. The molecule has 1 aromatic heterocycles. The third-order valence-electron chi connectivity index (χ3n) is 4.79. The lowest BCUT2D eigenvalue weighted by Crippen LogP contribution is -2.57. The number of nitrogens with zero attached hydrogens (tertiary/aromatic N) is 2. The smallest absolute Gasteiger partial charge is 0.256 e. The van der Waals surface area contributed by atoms with E-state index in [9.17, 15) is 14.3 Å². The van der Waals surface area contributed by atoms with Crippen molar-refractivity contribution in [3.63, 3.8) is 0 Å². The van der Waals surface area contributed by atoms with Crippen molar-refractivity contribution >= 4 is 5.91 Å². The fraction of sp³-hybridized carbons (Fsp3) is 0.400. The highest BCUT2D eigenvalue weighted by molar-refractivity contribution is 5.86. The number of aromatic nitrogens is 1. The molecule has 0 aliphatic carbocycles. The second-order valence-electron chi connectivity index (χ2n) is 6.78. The molecule has 0 unspecified atom stereocenters. The third kappa shape index (κ3) is 4.61. The topological polar surface area (TPSA) is 74.7 Å². The zero-order valence-corrected chi connectivity index (χ0v) is 15.3. The van der Waals surface area contributed by atoms with Crippen LogP contribution in [0.3, 0.4) is 0 Å². The highest BCUT2D eigenvalue weighted by atomic mass is 19.1. The monoisotopic (exact) mass is 373 g/mol. The van der Waals surface area contributed by atoms with Gasteiger partial charge < -0.3 is 20.1 Å². The van der Waals surface area contributed by atoms with Crippen molar-refractivity contribution in [3.05, 3.63) is 59.7 Å². The van der Waals surface area contributed by atoms with Crippen LogP contribution in [0.1, 0.15) is 24.0 Å². The summed E-state index contributed by atoms with van der Waals surface area (Å²) in [5.41, 5.74) is -0.148. The molecule has 1 atom stereocenters. The number of ether oxygens (including phenoxy) is 1. The van der Waals surface area contributed by atoms with E-state index >= 15 is 0 Å². The Morgan fingerprint density at radius 2 is 2.26 bits per heavy atom. The molecule has 1 saturated heterocycles. The van der Waals surface area contributed by atoms with Gasteiger partial charge in [-0.2, -0.15) is 0 Å². The number of pyridine rings is 1. The molecule has 3 rings (SSSR count). The van der Waals surface area contributed by atoms with Crippen LogP contribution in [0.4, 0.5) is 4.39 Å². The minimum absolute atomic E-state index is 0.104. The molecular formula is C20H24FN3O3. The highest BCUT2D eigenvalue weighted by Gasteiger charge is 2.41. The van der Waals surface area contributed by atoms with Crippen LogP contribution in [-0.4, -0.2) is 46.7 Å². The quantitative estimate of drug-likeness (QED) is 0.775. The predicted molar refractivity (Wildman–Crippen MR) is 98.5 cm³/mol. The maximum atomic E-state index is 14.1. The first-order chi connectivity index (χ1) is 13.0. The van der Waals surface area contributed by atoms with E-state index in [-0.39, 0.29) is 19.0 Å². The summed E-state index contributed by atoms with van der Waals surface area (Å²) in [5, 5.41) is 14.0. The van der Waals surface area contributed by atoms with Crippen LogP contribution in [0, 0.1) is 5.82 Å². The van der Waals surface area contributed by atoms with E-state index in [0.717, 1.165) is 5.56 Å². The van der Waals surface area contributed by atoms with Crippen molar-refractivity contribution in [2.45, 2.75) is 31.5 Å². The molecule has 2 heterocycles. The molecule has 2 N–H and O–H groups in total. The minimum Gasteiger partial charge on any atom is -0.497 e. The summed E-state index contributed by atoms with van der Waals surface area (Å²) >= 11 is 0. The summed E-state index contributed by atoms with van der Waals surface area (Å²) < 4.78 is 19.2. The van der Waals surface area contributed by atoms with Crippen molar-refractivity contribution in [3.8, 4) is 5.75 Å². The average molecular weight is 373 g/mol. The zero-order valence-electron chi connectivity index (χ0n) is 15.3. The zero-order chi connectivity index (χ0) is 19.3. The first kappa shape index (κ1) is 19.3. The van der Waals surface area contributed by atoms with Crippen LogP contribution in [0.15, 0.2) is 42.7 Å². The number of carbonyl (C=O) groups is 1. The van der Waals surface area contributed by atoms with Crippen LogP contribution in [0.25, 0.3) is 0 Å². The summed E-state index contributed by atoms with van der Waals surface area (Å²) in [7, 11) is 1.51. The Bertz CT molecular complexity index is 787. The summed E-state index contributed by atoms with van der Waals surface area (Å²) in [6.07, 6.45) is 4.46. The minimum atomic E-state index is -1.49. The van der Waals surface area contributed by atoms with E-state index in [1.165, 1.54) is 24.1 Å². The Hall–Kier alpha value is -2.51. The van der Waals surface area contributed by atoms with Crippen LogP contribution < -0.4 is 10.1 Å². The number of hydrogen-bond acceptors (Lipinski definition) is 5. The lowest BCUT2D eigenvalue weighted by molar-refractivity contribution is -0.157. The van der Waals surface area contributed by atoms with Gasteiger partial charge in [-0.15, -0.1) is 0 Å². The van der Waals surface area contributed by atoms with Crippen molar-refractivity contribution in [1.29, 1.82) is 0 Å². The molecule has 1 amide bonds. The molecule has 2 aromatic rings. The highest BCUT2D eigenvalue weighted by Crippen LogP contribution is 2.25. The van der Waals surface area contributed by atoms with Crippen LogP contribution in [0.2, 0.25) is 0 Å². The fourth-order valence-corrected chi connectivity index (χ4v) is 3.30. The molecular weight excluding hydrogens is 349 g/mol. The second kappa shape index (κ2) is 8.45. The van der Waals surface area contributed by atoms with Gasteiger partial charge in [0.1, 0.15) is 11.6 Å². The van der Waals surface area contributed by atoms with Gasteiger partial charge in [-0.25, -0.2) is 4.39 Å². The number of nitrogens with one attached hydrogen (secondary N) is 1. The van der Waals surface area contributed by atoms with E-state index in [2.05, 4.69) is 10.3 Å².